The number of carboxylic acid groups (broad SMARTS) is 1. The molecule has 4 heteroatoms. The first-order valence-electron chi connectivity index (χ1n) is 5.33. The Morgan fingerprint density at radius 3 is 2.76 bits per heavy atom. The zero-order chi connectivity index (χ0) is 12.6. The van der Waals surface area contributed by atoms with Crippen LogP contribution < -0.4 is 0 Å². The maximum absolute atomic E-state index is 11.1. The van der Waals surface area contributed by atoms with Gasteiger partial charge in [0.1, 0.15) is 5.75 Å². The largest absolute Gasteiger partial charge is 0.507 e. The molecule has 0 unspecified atom stereocenters. The summed E-state index contributed by atoms with van der Waals surface area (Å²) in [6, 6.07) is 5.35. The number of hydrogen-bond donors (Lipinski definition) is 2. The first-order valence-corrected chi connectivity index (χ1v) is 6.21. The molecule has 0 spiro atoms. The van der Waals surface area contributed by atoms with Gasteiger partial charge < -0.3 is 10.2 Å². The van der Waals surface area contributed by atoms with Gasteiger partial charge >= 0.3 is 5.97 Å². The van der Waals surface area contributed by atoms with E-state index in [0.717, 1.165) is 15.6 Å². The van der Waals surface area contributed by atoms with Gasteiger partial charge in [-0.1, -0.05) is 6.07 Å². The standard InChI is InChI=1S/C13H14O3S/c1-13(2,12(15)16)6-8-7-17-10-5-3-4-9(14)11(8)10/h3-5,7,14H,6H2,1-2H3,(H,15,16). The van der Waals surface area contributed by atoms with Gasteiger partial charge in [0, 0.05) is 10.1 Å². The molecule has 1 aromatic carbocycles. The molecule has 1 heterocycles. The average molecular weight is 250 g/mol. The summed E-state index contributed by atoms with van der Waals surface area (Å²) in [6.45, 7) is 3.39. The van der Waals surface area contributed by atoms with Crippen molar-refractivity contribution in [3.8, 4) is 5.75 Å². The Bertz CT molecular complexity index is 569. The fourth-order valence-corrected chi connectivity index (χ4v) is 2.80. The lowest BCUT2D eigenvalue weighted by molar-refractivity contribution is -0.146. The minimum Gasteiger partial charge on any atom is -0.507 e. The molecule has 90 valence electrons. The van der Waals surface area contributed by atoms with Crippen LogP contribution in [0.4, 0.5) is 0 Å². The first-order chi connectivity index (χ1) is 7.92. The van der Waals surface area contributed by atoms with Crippen LogP contribution in [0.2, 0.25) is 0 Å². The molecule has 2 aromatic rings. The SMILES string of the molecule is CC(C)(Cc1csc2cccc(O)c12)C(=O)O. The fraction of sp³-hybridized carbons (Fsp3) is 0.308. The van der Waals surface area contributed by atoms with Gasteiger partial charge in [0.2, 0.25) is 0 Å². The van der Waals surface area contributed by atoms with Crippen LogP contribution in [-0.2, 0) is 11.2 Å². The molecule has 0 aliphatic heterocycles. The third-order valence-electron chi connectivity index (χ3n) is 2.86. The van der Waals surface area contributed by atoms with E-state index in [0.29, 0.717) is 6.42 Å². The van der Waals surface area contributed by atoms with E-state index in [-0.39, 0.29) is 5.75 Å². The molecule has 0 amide bonds. The van der Waals surface area contributed by atoms with Gasteiger partial charge in [0.05, 0.1) is 5.41 Å². The minimum absolute atomic E-state index is 0.222. The molecule has 0 aliphatic carbocycles. The monoisotopic (exact) mass is 250 g/mol. The van der Waals surface area contributed by atoms with Crippen LogP contribution >= 0.6 is 11.3 Å². The van der Waals surface area contributed by atoms with Gasteiger partial charge in [0.25, 0.3) is 0 Å². The van der Waals surface area contributed by atoms with Crippen molar-refractivity contribution in [2.75, 3.05) is 0 Å². The Balaban J connectivity index is 2.47. The summed E-state index contributed by atoms with van der Waals surface area (Å²) in [5.41, 5.74) is 0.0755. The Morgan fingerprint density at radius 2 is 2.12 bits per heavy atom. The van der Waals surface area contributed by atoms with Crippen molar-refractivity contribution in [3.63, 3.8) is 0 Å². The molecule has 3 nitrogen and oxygen atoms in total. The maximum atomic E-state index is 11.1. The fourth-order valence-electron chi connectivity index (χ4n) is 1.82. The number of benzene rings is 1. The van der Waals surface area contributed by atoms with Crippen molar-refractivity contribution in [3.05, 3.63) is 29.1 Å². The maximum Gasteiger partial charge on any atom is 0.309 e. The smallest absolute Gasteiger partial charge is 0.309 e. The Kier molecular flexibility index (Phi) is 2.83. The first kappa shape index (κ1) is 11.9. The molecule has 0 atom stereocenters. The summed E-state index contributed by atoms with van der Waals surface area (Å²) < 4.78 is 0.987. The lowest BCUT2D eigenvalue weighted by atomic mass is 9.86. The molecule has 0 bridgehead atoms. The summed E-state index contributed by atoms with van der Waals surface area (Å²) in [7, 11) is 0. The molecule has 1 aromatic heterocycles. The quantitative estimate of drug-likeness (QED) is 0.879. The zero-order valence-electron chi connectivity index (χ0n) is 9.73. The second-order valence-electron chi connectivity index (χ2n) is 4.78. The molecule has 17 heavy (non-hydrogen) atoms. The summed E-state index contributed by atoms with van der Waals surface area (Å²) in [5.74, 6) is -0.604. The summed E-state index contributed by atoms with van der Waals surface area (Å²) >= 11 is 1.53. The highest BCUT2D eigenvalue weighted by Gasteiger charge is 2.28. The Labute approximate surface area is 103 Å². The van der Waals surface area contributed by atoms with E-state index < -0.39 is 11.4 Å². The van der Waals surface area contributed by atoms with Gasteiger partial charge in [-0.2, -0.15) is 0 Å². The van der Waals surface area contributed by atoms with Crippen LogP contribution in [0.1, 0.15) is 19.4 Å². The molecule has 0 saturated heterocycles. The van der Waals surface area contributed by atoms with E-state index >= 15 is 0 Å². The van der Waals surface area contributed by atoms with Crippen molar-refractivity contribution in [2.24, 2.45) is 5.41 Å². The van der Waals surface area contributed by atoms with E-state index in [9.17, 15) is 9.90 Å². The van der Waals surface area contributed by atoms with Crippen LogP contribution in [0.3, 0.4) is 0 Å². The van der Waals surface area contributed by atoms with E-state index in [4.69, 9.17) is 5.11 Å². The predicted molar refractivity (Wildman–Crippen MR) is 68.6 cm³/mol. The third kappa shape index (κ3) is 2.13. The molecule has 2 rings (SSSR count). The summed E-state index contributed by atoms with van der Waals surface area (Å²) in [4.78, 5) is 11.1. The number of thiophene rings is 1. The Hall–Kier alpha value is -1.55. The van der Waals surface area contributed by atoms with Crippen LogP contribution in [0.5, 0.6) is 5.75 Å². The number of phenols is 1. The normalized spacial score (nSPS) is 11.9. The van der Waals surface area contributed by atoms with Crippen LogP contribution in [0.25, 0.3) is 10.1 Å². The highest BCUT2D eigenvalue weighted by Crippen LogP contribution is 2.36. The van der Waals surface area contributed by atoms with E-state index in [1.54, 1.807) is 26.0 Å². The summed E-state index contributed by atoms with van der Waals surface area (Å²) in [6.07, 6.45) is 0.417. The van der Waals surface area contributed by atoms with Crippen LogP contribution in [0.15, 0.2) is 23.6 Å². The number of carbonyl (C=O) groups is 1. The topological polar surface area (TPSA) is 57.5 Å². The number of aliphatic carboxylic acids is 1. The summed E-state index contributed by atoms with van der Waals surface area (Å²) in [5, 5.41) is 21.7. The van der Waals surface area contributed by atoms with Crippen molar-refractivity contribution < 1.29 is 15.0 Å². The Morgan fingerprint density at radius 1 is 1.41 bits per heavy atom. The van der Waals surface area contributed by atoms with Crippen LogP contribution in [-0.4, -0.2) is 16.2 Å². The molecular formula is C13H14O3S. The van der Waals surface area contributed by atoms with Gasteiger partial charge in [-0.3, -0.25) is 4.79 Å². The number of carboxylic acids is 1. The zero-order valence-corrected chi connectivity index (χ0v) is 10.5. The van der Waals surface area contributed by atoms with Gasteiger partial charge in [-0.05, 0) is 43.3 Å². The second kappa shape index (κ2) is 4.04. The number of aromatic hydroxyl groups is 1. The molecule has 0 radical (unpaired) electrons. The lowest BCUT2D eigenvalue weighted by Gasteiger charge is -2.18. The molecule has 2 N–H and O–H groups in total. The number of hydrogen-bond acceptors (Lipinski definition) is 3. The van der Waals surface area contributed by atoms with Crippen molar-refractivity contribution >= 4 is 27.4 Å². The minimum atomic E-state index is -0.827. The van der Waals surface area contributed by atoms with Crippen molar-refractivity contribution in [1.82, 2.24) is 0 Å². The highest BCUT2D eigenvalue weighted by atomic mass is 32.1. The van der Waals surface area contributed by atoms with E-state index in [2.05, 4.69) is 0 Å². The molecular weight excluding hydrogens is 236 g/mol. The van der Waals surface area contributed by atoms with Gasteiger partial charge in [0.15, 0.2) is 0 Å². The predicted octanol–water partition coefficient (Wildman–Crippen LogP) is 3.26. The molecule has 0 aliphatic rings. The average Bonchev–Trinajstić information content (AvgIpc) is 2.62. The van der Waals surface area contributed by atoms with Crippen molar-refractivity contribution in [2.45, 2.75) is 20.3 Å². The van der Waals surface area contributed by atoms with Gasteiger partial charge in [-0.25, -0.2) is 0 Å². The highest BCUT2D eigenvalue weighted by molar-refractivity contribution is 7.17. The van der Waals surface area contributed by atoms with E-state index in [1.165, 1.54) is 11.3 Å². The number of phenolic OH excluding ortho intramolecular Hbond substituents is 1. The lowest BCUT2D eigenvalue weighted by Crippen LogP contribution is -2.26. The number of fused-ring (bicyclic) bond motifs is 1. The molecule has 0 fully saturated rings. The number of rotatable bonds is 3. The van der Waals surface area contributed by atoms with Gasteiger partial charge in [-0.15, -0.1) is 11.3 Å². The third-order valence-corrected chi connectivity index (χ3v) is 3.86. The second-order valence-corrected chi connectivity index (χ2v) is 5.69. The molecule has 0 saturated carbocycles. The van der Waals surface area contributed by atoms with Crippen molar-refractivity contribution in [1.29, 1.82) is 0 Å². The van der Waals surface area contributed by atoms with E-state index in [1.807, 2.05) is 11.4 Å². The van der Waals surface area contributed by atoms with Crippen LogP contribution in [0, 0.1) is 5.41 Å².